The van der Waals surface area contributed by atoms with Gasteiger partial charge in [-0.2, -0.15) is 0 Å². The number of nitrogens with zero attached hydrogens (tertiary/aromatic N) is 1. The largest absolute Gasteiger partial charge is 0.491 e. The quantitative estimate of drug-likeness (QED) is 0.876. The van der Waals surface area contributed by atoms with E-state index in [0.717, 1.165) is 12.0 Å². The van der Waals surface area contributed by atoms with Gasteiger partial charge in [-0.25, -0.2) is 4.79 Å². The number of carbonyl (C=O) groups is 1. The fourth-order valence-corrected chi connectivity index (χ4v) is 1.60. The molecule has 0 bridgehead atoms. The van der Waals surface area contributed by atoms with Crippen LogP contribution in [-0.2, 0) is 6.42 Å². The second kappa shape index (κ2) is 5.82. The van der Waals surface area contributed by atoms with Crippen LogP contribution in [0.25, 0.3) is 0 Å². The number of hydrogen-bond donors (Lipinski definition) is 1. The first-order valence-corrected chi connectivity index (χ1v) is 5.61. The fraction of sp³-hybridized carbons (Fsp3) is 0.143. The van der Waals surface area contributed by atoms with Crippen LogP contribution in [-0.4, -0.2) is 22.7 Å². The number of aromatic carboxylic acids is 1. The number of rotatable bonds is 5. The van der Waals surface area contributed by atoms with Crippen molar-refractivity contribution in [1.82, 2.24) is 4.98 Å². The number of carboxylic acids is 1. The van der Waals surface area contributed by atoms with Gasteiger partial charge in [0.2, 0.25) is 0 Å². The molecule has 0 saturated heterocycles. The molecule has 0 aliphatic rings. The normalized spacial score (nSPS) is 10.0. The molecule has 0 fully saturated rings. The summed E-state index contributed by atoms with van der Waals surface area (Å²) in [5.41, 5.74) is 1.29. The minimum Gasteiger partial charge on any atom is -0.491 e. The monoisotopic (exact) mass is 243 g/mol. The molecule has 1 aromatic heterocycles. The lowest BCUT2D eigenvalue weighted by atomic mass is 10.2. The van der Waals surface area contributed by atoms with E-state index >= 15 is 0 Å². The van der Waals surface area contributed by atoms with E-state index in [-0.39, 0.29) is 5.56 Å². The summed E-state index contributed by atoms with van der Waals surface area (Å²) in [6, 6.07) is 11.3. The first-order valence-electron chi connectivity index (χ1n) is 5.61. The molecule has 0 aliphatic heterocycles. The number of aromatic nitrogens is 1. The molecule has 1 N–H and O–H groups in total. The fourth-order valence-electron chi connectivity index (χ4n) is 1.60. The smallest absolute Gasteiger partial charge is 0.339 e. The van der Waals surface area contributed by atoms with Crippen LogP contribution in [0.5, 0.6) is 5.75 Å². The number of carboxylic acid groups (broad SMARTS) is 1. The lowest BCUT2D eigenvalue weighted by molar-refractivity contribution is 0.0692. The van der Waals surface area contributed by atoms with Crippen LogP contribution in [0, 0.1) is 0 Å². The van der Waals surface area contributed by atoms with Crippen molar-refractivity contribution in [3.05, 3.63) is 59.9 Å². The highest BCUT2D eigenvalue weighted by molar-refractivity contribution is 5.90. The molecule has 0 spiro atoms. The summed E-state index contributed by atoms with van der Waals surface area (Å²) >= 11 is 0. The van der Waals surface area contributed by atoms with E-state index in [0.29, 0.717) is 12.4 Å². The van der Waals surface area contributed by atoms with Crippen molar-refractivity contribution in [1.29, 1.82) is 0 Å². The molecule has 4 heteroatoms. The van der Waals surface area contributed by atoms with Crippen molar-refractivity contribution >= 4 is 5.97 Å². The summed E-state index contributed by atoms with van der Waals surface area (Å²) in [6.45, 7) is 0.427. The van der Waals surface area contributed by atoms with Gasteiger partial charge in [0, 0.05) is 12.6 Å². The molecule has 0 amide bonds. The van der Waals surface area contributed by atoms with Gasteiger partial charge in [-0.3, -0.25) is 4.98 Å². The van der Waals surface area contributed by atoms with Gasteiger partial charge in [0.1, 0.15) is 5.56 Å². The van der Waals surface area contributed by atoms with E-state index in [1.807, 2.05) is 30.3 Å². The van der Waals surface area contributed by atoms with Crippen molar-refractivity contribution in [2.24, 2.45) is 0 Å². The molecule has 18 heavy (non-hydrogen) atoms. The summed E-state index contributed by atoms with van der Waals surface area (Å²) in [6.07, 6.45) is 3.59. The minimum atomic E-state index is -1.01. The zero-order valence-corrected chi connectivity index (χ0v) is 9.74. The molecular weight excluding hydrogens is 230 g/mol. The van der Waals surface area contributed by atoms with Crippen molar-refractivity contribution in [3.8, 4) is 5.75 Å². The van der Waals surface area contributed by atoms with Gasteiger partial charge < -0.3 is 9.84 Å². The highest BCUT2D eigenvalue weighted by Crippen LogP contribution is 2.16. The molecule has 1 aromatic carbocycles. The van der Waals surface area contributed by atoms with Crippen LogP contribution in [0.3, 0.4) is 0 Å². The highest BCUT2D eigenvalue weighted by Gasteiger charge is 2.10. The summed E-state index contributed by atoms with van der Waals surface area (Å²) in [5.74, 6) is -0.701. The Balaban J connectivity index is 1.97. The topological polar surface area (TPSA) is 59.4 Å². The molecule has 4 nitrogen and oxygen atoms in total. The molecule has 0 unspecified atom stereocenters. The van der Waals surface area contributed by atoms with E-state index in [1.54, 1.807) is 0 Å². The second-order valence-corrected chi connectivity index (χ2v) is 3.76. The summed E-state index contributed by atoms with van der Waals surface area (Å²) in [4.78, 5) is 14.8. The third-order valence-corrected chi connectivity index (χ3v) is 2.51. The molecule has 1 heterocycles. The van der Waals surface area contributed by atoms with Gasteiger partial charge >= 0.3 is 5.97 Å². The Morgan fingerprint density at radius 2 is 2.00 bits per heavy atom. The Hall–Kier alpha value is -2.36. The second-order valence-electron chi connectivity index (χ2n) is 3.76. The maximum Gasteiger partial charge on any atom is 0.339 e. The minimum absolute atomic E-state index is 0.137. The van der Waals surface area contributed by atoms with Gasteiger partial charge in [-0.15, -0.1) is 0 Å². The molecule has 0 aliphatic carbocycles. The summed E-state index contributed by atoms with van der Waals surface area (Å²) < 4.78 is 5.46. The van der Waals surface area contributed by atoms with Crippen molar-refractivity contribution in [2.45, 2.75) is 6.42 Å². The molecular formula is C14H13NO3. The molecule has 0 atom stereocenters. The SMILES string of the molecule is O=C(O)c1ccncc1OCCc1ccccc1. The van der Waals surface area contributed by atoms with E-state index in [4.69, 9.17) is 9.84 Å². The van der Waals surface area contributed by atoms with Crippen LogP contribution >= 0.6 is 0 Å². The van der Waals surface area contributed by atoms with Crippen LogP contribution in [0.2, 0.25) is 0 Å². The van der Waals surface area contributed by atoms with Gasteiger partial charge in [0.25, 0.3) is 0 Å². The number of ether oxygens (including phenoxy) is 1. The number of pyridine rings is 1. The molecule has 2 rings (SSSR count). The molecule has 0 radical (unpaired) electrons. The van der Waals surface area contributed by atoms with Crippen LogP contribution < -0.4 is 4.74 Å². The Morgan fingerprint density at radius 3 is 2.72 bits per heavy atom. The first-order chi connectivity index (χ1) is 8.77. The van der Waals surface area contributed by atoms with Gasteiger partial charge in [-0.1, -0.05) is 30.3 Å². The molecule has 92 valence electrons. The lowest BCUT2D eigenvalue weighted by Crippen LogP contribution is -2.06. The van der Waals surface area contributed by atoms with Gasteiger partial charge in [0.05, 0.1) is 12.8 Å². The standard InChI is InChI=1S/C14H13NO3/c16-14(17)12-6-8-15-10-13(12)18-9-7-11-4-2-1-3-5-11/h1-6,8,10H,7,9H2,(H,16,17). The van der Waals surface area contributed by atoms with E-state index in [1.165, 1.54) is 18.5 Å². The van der Waals surface area contributed by atoms with Crippen LogP contribution in [0.15, 0.2) is 48.8 Å². The van der Waals surface area contributed by atoms with E-state index in [2.05, 4.69) is 4.98 Å². The zero-order valence-electron chi connectivity index (χ0n) is 9.74. The van der Waals surface area contributed by atoms with E-state index in [9.17, 15) is 4.79 Å². The van der Waals surface area contributed by atoms with Gasteiger partial charge in [0.15, 0.2) is 5.75 Å². The van der Waals surface area contributed by atoms with Crippen molar-refractivity contribution in [3.63, 3.8) is 0 Å². The average molecular weight is 243 g/mol. The Kier molecular flexibility index (Phi) is 3.91. The molecule has 0 saturated carbocycles. The predicted octanol–water partition coefficient (Wildman–Crippen LogP) is 2.40. The third kappa shape index (κ3) is 3.07. The third-order valence-electron chi connectivity index (χ3n) is 2.51. The maximum absolute atomic E-state index is 10.9. The van der Waals surface area contributed by atoms with Crippen molar-refractivity contribution < 1.29 is 14.6 Å². The predicted molar refractivity (Wildman–Crippen MR) is 66.8 cm³/mol. The Bertz CT molecular complexity index is 526. The first kappa shape index (κ1) is 12.1. The van der Waals surface area contributed by atoms with Crippen molar-refractivity contribution in [2.75, 3.05) is 6.61 Å². The lowest BCUT2D eigenvalue weighted by Gasteiger charge is -2.08. The summed E-state index contributed by atoms with van der Waals surface area (Å²) in [5, 5.41) is 8.97. The summed E-state index contributed by atoms with van der Waals surface area (Å²) in [7, 11) is 0. The zero-order chi connectivity index (χ0) is 12.8. The number of benzene rings is 1. The Morgan fingerprint density at radius 1 is 1.22 bits per heavy atom. The maximum atomic E-state index is 10.9. The Labute approximate surface area is 105 Å². The number of hydrogen-bond acceptors (Lipinski definition) is 3. The van der Waals surface area contributed by atoms with Gasteiger partial charge in [-0.05, 0) is 11.6 Å². The van der Waals surface area contributed by atoms with Crippen LogP contribution in [0.1, 0.15) is 15.9 Å². The highest BCUT2D eigenvalue weighted by atomic mass is 16.5. The van der Waals surface area contributed by atoms with E-state index < -0.39 is 5.97 Å². The molecule has 2 aromatic rings. The van der Waals surface area contributed by atoms with Crippen LogP contribution in [0.4, 0.5) is 0 Å². The average Bonchev–Trinajstić information content (AvgIpc) is 2.40.